The van der Waals surface area contributed by atoms with Crippen LogP contribution in [0, 0.1) is 10.3 Å². The molecule has 0 amide bonds. The van der Waals surface area contributed by atoms with Gasteiger partial charge in [-0.15, -0.1) is 4.91 Å². The van der Waals surface area contributed by atoms with Crippen molar-refractivity contribution in [1.82, 2.24) is 5.06 Å². The van der Waals surface area contributed by atoms with Gasteiger partial charge in [0.1, 0.15) is 5.70 Å². The maximum Gasteiger partial charge on any atom is 0.103 e. The van der Waals surface area contributed by atoms with E-state index < -0.39 is 0 Å². The van der Waals surface area contributed by atoms with Gasteiger partial charge in [0.05, 0.1) is 12.2 Å². The van der Waals surface area contributed by atoms with Crippen molar-refractivity contribution in [2.24, 2.45) is 10.6 Å². The molecule has 0 radical (unpaired) electrons. The van der Waals surface area contributed by atoms with E-state index in [0.717, 1.165) is 5.06 Å². The molecule has 0 bridgehead atoms. The van der Waals surface area contributed by atoms with Gasteiger partial charge in [0.15, 0.2) is 0 Å². The predicted molar refractivity (Wildman–Crippen MR) is 45.4 cm³/mol. The van der Waals surface area contributed by atoms with E-state index in [4.69, 9.17) is 0 Å². The molecule has 0 aromatic heterocycles. The Morgan fingerprint density at radius 3 is 2.58 bits per heavy atom. The molecule has 1 aliphatic heterocycles. The standard InChI is InChI=1S/C8H14N2O2/c1-6(9-11)7-4-8(2,3)5-10(7)12/h12H,4-5H2,1-3H3. The van der Waals surface area contributed by atoms with Gasteiger partial charge < -0.3 is 0 Å². The highest BCUT2D eigenvalue weighted by molar-refractivity contribution is 5.14. The molecule has 1 aliphatic rings. The lowest BCUT2D eigenvalue weighted by Crippen LogP contribution is -2.18. The summed E-state index contributed by atoms with van der Waals surface area (Å²) in [5, 5.41) is 13.3. The first-order valence-electron chi connectivity index (χ1n) is 3.96. The van der Waals surface area contributed by atoms with Crippen LogP contribution in [-0.2, 0) is 0 Å². The van der Waals surface area contributed by atoms with Gasteiger partial charge in [-0.2, -0.15) is 0 Å². The lowest BCUT2D eigenvalue weighted by atomic mass is 9.92. The third-order valence-corrected chi connectivity index (χ3v) is 2.09. The minimum atomic E-state index is 0.0377. The second-order valence-electron chi connectivity index (χ2n) is 4.02. The highest BCUT2D eigenvalue weighted by Crippen LogP contribution is 2.36. The molecule has 4 heteroatoms. The number of hydroxylamine groups is 2. The van der Waals surface area contributed by atoms with Crippen LogP contribution in [0.25, 0.3) is 0 Å². The third kappa shape index (κ3) is 1.64. The lowest BCUT2D eigenvalue weighted by molar-refractivity contribution is -0.0505. The van der Waals surface area contributed by atoms with E-state index >= 15 is 0 Å². The molecule has 1 fully saturated rings. The average molecular weight is 170 g/mol. The molecule has 1 rings (SSSR count). The molecule has 1 heterocycles. The van der Waals surface area contributed by atoms with Crippen LogP contribution in [0.5, 0.6) is 0 Å². The largest absolute Gasteiger partial charge is 0.289 e. The van der Waals surface area contributed by atoms with E-state index in [1.165, 1.54) is 0 Å². The first kappa shape index (κ1) is 9.19. The highest BCUT2D eigenvalue weighted by atomic mass is 16.5. The summed E-state index contributed by atoms with van der Waals surface area (Å²) < 4.78 is 0. The fourth-order valence-electron chi connectivity index (χ4n) is 1.47. The first-order chi connectivity index (χ1) is 5.46. The zero-order valence-electron chi connectivity index (χ0n) is 7.66. The molecule has 68 valence electrons. The van der Waals surface area contributed by atoms with Crippen LogP contribution in [0.15, 0.2) is 16.6 Å². The minimum absolute atomic E-state index is 0.0377. The van der Waals surface area contributed by atoms with E-state index in [2.05, 4.69) is 5.18 Å². The summed E-state index contributed by atoms with van der Waals surface area (Å²) in [6.45, 7) is 6.27. The average Bonchev–Trinajstić information content (AvgIpc) is 2.23. The van der Waals surface area contributed by atoms with Crippen molar-refractivity contribution < 1.29 is 5.21 Å². The Balaban J connectivity index is 2.90. The van der Waals surface area contributed by atoms with Crippen LogP contribution in [0.2, 0.25) is 0 Å². The Hall–Kier alpha value is -0.900. The molecule has 0 aromatic carbocycles. The number of nitrogens with zero attached hydrogens (tertiary/aromatic N) is 2. The van der Waals surface area contributed by atoms with E-state index in [1.807, 2.05) is 13.8 Å². The number of nitroso groups, excluding NO2 is 1. The molecule has 0 aliphatic carbocycles. The van der Waals surface area contributed by atoms with Gasteiger partial charge in [0, 0.05) is 0 Å². The number of hydrogen-bond donors (Lipinski definition) is 1. The number of rotatable bonds is 1. The fraction of sp³-hybridized carbons (Fsp3) is 0.750. The van der Waals surface area contributed by atoms with E-state index in [9.17, 15) is 10.1 Å². The van der Waals surface area contributed by atoms with Crippen LogP contribution >= 0.6 is 0 Å². The summed E-state index contributed by atoms with van der Waals surface area (Å²) >= 11 is 0. The second kappa shape index (κ2) is 2.86. The SMILES string of the molecule is CC(N=O)=C1CC(C)(C)CN1O. The molecule has 1 saturated heterocycles. The molecule has 0 atom stereocenters. The van der Waals surface area contributed by atoms with E-state index in [0.29, 0.717) is 24.4 Å². The monoisotopic (exact) mass is 170 g/mol. The van der Waals surface area contributed by atoms with Crippen LogP contribution < -0.4 is 0 Å². The van der Waals surface area contributed by atoms with Crippen LogP contribution in [0.3, 0.4) is 0 Å². The molecule has 0 aromatic rings. The lowest BCUT2D eigenvalue weighted by Gasteiger charge is -2.14. The van der Waals surface area contributed by atoms with Gasteiger partial charge in [-0.25, -0.2) is 0 Å². The molecular formula is C8H14N2O2. The predicted octanol–water partition coefficient (Wildman–Crippen LogP) is 2.11. The van der Waals surface area contributed by atoms with Crippen molar-refractivity contribution in [2.45, 2.75) is 27.2 Å². The Morgan fingerprint density at radius 2 is 2.25 bits per heavy atom. The number of allylic oxidation sites excluding steroid dienone is 2. The molecule has 0 spiro atoms. The van der Waals surface area contributed by atoms with Gasteiger partial charge in [0.2, 0.25) is 0 Å². The van der Waals surface area contributed by atoms with E-state index in [1.54, 1.807) is 6.92 Å². The zero-order chi connectivity index (χ0) is 9.35. The van der Waals surface area contributed by atoms with Crippen LogP contribution in [-0.4, -0.2) is 16.8 Å². The van der Waals surface area contributed by atoms with Crippen LogP contribution in [0.4, 0.5) is 0 Å². The molecule has 4 nitrogen and oxygen atoms in total. The molecule has 12 heavy (non-hydrogen) atoms. The summed E-state index contributed by atoms with van der Waals surface area (Å²) in [7, 11) is 0. The zero-order valence-corrected chi connectivity index (χ0v) is 7.66. The summed E-state index contributed by atoms with van der Waals surface area (Å²) in [5.74, 6) is 0. The van der Waals surface area contributed by atoms with E-state index in [-0.39, 0.29) is 5.41 Å². The molecule has 0 saturated carbocycles. The van der Waals surface area contributed by atoms with Gasteiger partial charge >= 0.3 is 0 Å². The number of hydrogen-bond acceptors (Lipinski definition) is 4. The quantitative estimate of drug-likeness (QED) is 0.613. The Labute approximate surface area is 71.8 Å². The van der Waals surface area contributed by atoms with Crippen molar-refractivity contribution in [1.29, 1.82) is 0 Å². The minimum Gasteiger partial charge on any atom is -0.289 e. The second-order valence-corrected chi connectivity index (χ2v) is 4.02. The summed E-state index contributed by atoms with van der Waals surface area (Å²) in [4.78, 5) is 10.2. The van der Waals surface area contributed by atoms with Crippen molar-refractivity contribution in [2.75, 3.05) is 6.54 Å². The topological polar surface area (TPSA) is 52.9 Å². The Morgan fingerprint density at radius 1 is 1.67 bits per heavy atom. The first-order valence-corrected chi connectivity index (χ1v) is 3.96. The highest BCUT2D eigenvalue weighted by Gasteiger charge is 2.33. The summed E-state index contributed by atoms with van der Waals surface area (Å²) in [5.41, 5.74) is 1.06. The maximum absolute atomic E-state index is 10.2. The molecule has 1 N–H and O–H groups in total. The van der Waals surface area contributed by atoms with Gasteiger partial charge in [-0.1, -0.05) is 13.8 Å². The van der Waals surface area contributed by atoms with Gasteiger partial charge in [-0.05, 0) is 23.9 Å². The van der Waals surface area contributed by atoms with Crippen molar-refractivity contribution in [3.63, 3.8) is 0 Å². The molecular weight excluding hydrogens is 156 g/mol. The van der Waals surface area contributed by atoms with Crippen molar-refractivity contribution in [3.05, 3.63) is 16.3 Å². The fourth-order valence-corrected chi connectivity index (χ4v) is 1.47. The smallest absolute Gasteiger partial charge is 0.103 e. The van der Waals surface area contributed by atoms with Gasteiger partial charge in [-0.3, -0.25) is 10.3 Å². The third-order valence-electron chi connectivity index (χ3n) is 2.09. The van der Waals surface area contributed by atoms with Crippen molar-refractivity contribution in [3.8, 4) is 0 Å². The Kier molecular flexibility index (Phi) is 2.19. The van der Waals surface area contributed by atoms with Crippen LogP contribution in [0.1, 0.15) is 27.2 Å². The Bertz CT molecular complexity index is 233. The maximum atomic E-state index is 10.2. The summed E-state index contributed by atoms with van der Waals surface area (Å²) in [6.07, 6.45) is 0.709. The van der Waals surface area contributed by atoms with Gasteiger partial charge in [0.25, 0.3) is 0 Å². The molecule has 0 unspecified atom stereocenters. The van der Waals surface area contributed by atoms with Crippen molar-refractivity contribution >= 4 is 0 Å². The normalized spacial score (nSPS) is 25.8. The summed E-state index contributed by atoms with van der Waals surface area (Å²) in [6, 6.07) is 0.